The van der Waals surface area contributed by atoms with Crippen molar-refractivity contribution in [2.45, 2.75) is 33.2 Å². The molecule has 2 N–H and O–H groups in total. The fourth-order valence-corrected chi connectivity index (χ4v) is 2.29. The van der Waals surface area contributed by atoms with E-state index >= 15 is 0 Å². The molecule has 1 aromatic carbocycles. The van der Waals surface area contributed by atoms with Crippen LogP contribution in [0.3, 0.4) is 0 Å². The van der Waals surface area contributed by atoms with Gasteiger partial charge in [0, 0.05) is 12.6 Å². The summed E-state index contributed by atoms with van der Waals surface area (Å²) in [7, 11) is 0. The zero-order valence-corrected chi connectivity index (χ0v) is 15.1. The van der Waals surface area contributed by atoms with Gasteiger partial charge >= 0.3 is 6.09 Å². The molecule has 0 radical (unpaired) electrons. The summed E-state index contributed by atoms with van der Waals surface area (Å²) >= 11 is 5.96. The van der Waals surface area contributed by atoms with E-state index in [2.05, 4.69) is 10.6 Å². The Kier molecular flexibility index (Phi) is 9.01. The average Bonchev–Trinajstić information content (AvgIpc) is 2.51. The molecule has 0 spiro atoms. The van der Waals surface area contributed by atoms with E-state index in [9.17, 15) is 9.59 Å². The molecule has 0 aliphatic rings. The third kappa shape index (κ3) is 8.06. The fraction of sp³-hybridized carbons (Fsp3) is 0.529. The summed E-state index contributed by atoms with van der Waals surface area (Å²) in [5.74, 6) is 0.542. The number of hydrogen-bond acceptors (Lipinski definition) is 4. The van der Waals surface area contributed by atoms with Gasteiger partial charge in [-0.2, -0.15) is 0 Å². The lowest BCUT2D eigenvalue weighted by Crippen LogP contribution is -2.45. The second kappa shape index (κ2) is 10.8. The van der Waals surface area contributed by atoms with Crippen LogP contribution >= 0.6 is 11.6 Å². The Morgan fingerprint density at radius 1 is 1.25 bits per heavy atom. The van der Waals surface area contributed by atoms with Gasteiger partial charge in [0.25, 0.3) is 5.91 Å². The SMILES string of the molecule is CCOC(=O)NC(CNC(=O)COc1ccccc1Cl)CC(C)C. The van der Waals surface area contributed by atoms with Gasteiger partial charge < -0.3 is 20.1 Å². The highest BCUT2D eigenvalue weighted by Gasteiger charge is 2.16. The lowest BCUT2D eigenvalue weighted by atomic mass is 10.0. The fourth-order valence-electron chi connectivity index (χ4n) is 2.09. The van der Waals surface area contributed by atoms with Gasteiger partial charge in [0.1, 0.15) is 5.75 Å². The lowest BCUT2D eigenvalue weighted by Gasteiger charge is -2.20. The van der Waals surface area contributed by atoms with Crippen molar-refractivity contribution in [1.29, 1.82) is 0 Å². The van der Waals surface area contributed by atoms with Crippen LogP contribution in [0.1, 0.15) is 27.2 Å². The van der Waals surface area contributed by atoms with Crippen LogP contribution in [0, 0.1) is 5.92 Å². The predicted octanol–water partition coefficient (Wildman–Crippen LogP) is 3.00. The number of hydrogen-bond donors (Lipinski definition) is 2. The molecule has 0 saturated carbocycles. The molecule has 0 fully saturated rings. The highest BCUT2D eigenvalue weighted by Crippen LogP contribution is 2.22. The molecule has 134 valence electrons. The van der Waals surface area contributed by atoms with Gasteiger partial charge in [-0.3, -0.25) is 4.79 Å². The van der Waals surface area contributed by atoms with Crippen LogP contribution in [0.15, 0.2) is 24.3 Å². The molecule has 0 saturated heterocycles. The topological polar surface area (TPSA) is 76.7 Å². The minimum absolute atomic E-state index is 0.141. The van der Waals surface area contributed by atoms with Crippen molar-refractivity contribution in [3.05, 3.63) is 29.3 Å². The van der Waals surface area contributed by atoms with Crippen LogP contribution in [0.5, 0.6) is 5.75 Å². The molecular weight excluding hydrogens is 332 g/mol. The summed E-state index contributed by atoms with van der Waals surface area (Å²) in [6.07, 6.45) is 0.245. The van der Waals surface area contributed by atoms with Gasteiger partial charge in [0.05, 0.1) is 11.6 Å². The number of rotatable bonds is 9. The molecule has 1 atom stereocenters. The third-order valence-corrected chi connectivity index (χ3v) is 3.41. The number of benzene rings is 1. The van der Waals surface area contributed by atoms with Crippen LogP contribution < -0.4 is 15.4 Å². The largest absolute Gasteiger partial charge is 0.482 e. The van der Waals surface area contributed by atoms with Crippen molar-refractivity contribution in [3.63, 3.8) is 0 Å². The first-order chi connectivity index (χ1) is 11.4. The summed E-state index contributed by atoms with van der Waals surface area (Å²) in [5, 5.41) is 5.95. The standard InChI is InChI=1S/C17H25ClN2O4/c1-4-23-17(22)20-13(9-12(2)3)10-19-16(21)11-24-15-8-6-5-7-14(15)18/h5-8,12-13H,4,9-11H2,1-3H3,(H,19,21)(H,20,22). The van der Waals surface area contributed by atoms with Crippen molar-refractivity contribution >= 4 is 23.6 Å². The molecule has 24 heavy (non-hydrogen) atoms. The maximum absolute atomic E-state index is 11.9. The van der Waals surface area contributed by atoms with E-state index in [-0.39, 0.29) is 18.6 Å². The smallest absolute Gasteiger partial charge is 0.407 e. The van der Waals surface area contributed by atoms with E-state index in [1.807, 2.05) is 13.8 Å². The van der Waals surface area contributed by atoms with Crippen molar-refractivity contribution < 1.29 is 19.1 Å². The monoisotopic (exact) mass is 356 g/mol. The van der Waals surface area contributed by atoms with E-state index in [0.717, 1.165) is 6.42 Å². The van der Waals surface area contributed by atoms with Crippen LogP contribution in [-0.4, -0.2) is 37.8 Å². The predicted molar refractivity (Wildman–Crippen MR) is 93.4 cm³/mol. The summed E-state index contributed by atoms with van der Waals surface area (Å²) < 4.78 is 10.3. The Morgan fingerprint density at radius 2 is 1.96 bits per heavy atom. The normalized spacial score (nSPS) is 11.7. The molecule has 0 aliphatic carbocycles. The lowest BCUT2D eigenvalue weighted by molar-refractivity contribution is -0.123. The second-order valence-electron chi connectivity index (χ2n) is 5.71. The number of amides is 2. The summed E-state index contributed by atoms with van der Waals surface area (Å²) in [6, 6.07) is 6.75. The van der Waals surface area contributed by atoms with Crippen LogP contribution in [0.2, 0.25) is 5.02 Å². The highest BCUT2D eigenvalue weighted by molar-refractivity contribution is 6.32. The van der Waals surface area contributed by atoms with Gasteiger partial charge in [0.2, 0.25) is 0 Å². The summed E-state index contributed by atoms with van der Waals surface area (Å²) in [4.78, 5) is 23.4. The van der Waals surface area contributed by atoms with Crippen molar-refractivity contribution in [3.8, 4) is 5.75 Å². The van der Waals surface area contributed by atoms with Crippen LogP contribution in [-0.2, 0) is 9.53 Å². The van der Waals surface area contributed by atoms with Crippen LogP contribution in [0.4, 0.5) is 4.79 Å². The van der Waals surface area contributed by atoms with Crippen LogP contribution in [0.25, 0.3) is 0 Å². The number of para-hydroxylation sites is 1. The Balaban J connectivity index is 2.42. The van der Waals surface area contributed by atoms with Crippen molar-refractivity contribution in [2.75, 3.05) is 19.8 Å². The Labute approximate surface area is 147 Å². The summed E-state index contributed by atoms with van der Waals surface area (Å²) in [5.41, 5.74) is 0. The first kappa shape index (κ1) is 20.1. The quantitative estimate of drug-likeness (QED) is 0.713. The van der Waals surface area contributed by atoms with E-state index in [4.69, 9.17) is 21.1 Å². The molecule has 6 nitrogen and oxygen atoms in total. The van der Waals surface area contributed by atoms with Gasteiger partial charge in [-0.1, -0.05) is 37.6 Å². The minimum Gasteiger partial charge on any atom is -0.482 e. The molecule has 0 bridgehead atoms. The Hall–Kier alpha value is -1.95. The third-order valence-electron chi connectivity index (χ3n) is 3.09. The average molecular weight is 357 g/mol. The summed E-state index contributed by atoms with van der Waals surface area (Å²) in [6.45, 7) is 6.30. The molecule has 0 aliphatic heterocycles. The number of ether oxygens (including phenoxy) is 2. The first-order valence-electron chi connectivity index (χ1n) is 7.99. The molecule has 1 rings (SSSR count). The number of halogens is 1. The van der Waals surface area contributed by atoms with Gasteiger partial charge in [-0.25, -0.2) is 4.79 Å². The Morgan fingerprint density at radius 3 is 2.58 bits per heavy atom. The molecule has 0 aromatic heterocycles. The Bertz CT molecular complexity index is 537. The van der Waals surface area contributed by atoms with E-state index in [1.165, 1.54) is 0 Å². The van der Waals surface area contributed by atoms with E-state index in [1.54, 1.807) is 31.2 Å². The first-order valence-corrected chi connectivity index (χ1v) is 8.37. The molecular formula is C17H25ClN2O4. The van der Waals surface area contributed by atoms with Gasteiger partial charge in [-0.15, -0.1) is 0 Å². The molecule has 7 heteroatoms. The molecule has 1 aromatic rings. The van der Waals surface area contributed by atoms with Crippen molar-refractivity contribution in [2.24, 2.45) is 5.92 Å². The van der Waals surface area contributed by atoms with Gasteiger partial charge in [-0.05, 0) is 31.4 Å². The number of carbonyl (C=O) groups is 2. The number of alkyl carbamates (subject to hydrolysis) is 1. The maximum atomic E-state index is 11.9. The van der Waals surface area contributed by atoms with E-state index in [0.29, 0.717) is 29.8 Å². The number of carbonyl (C=O) groups excluding carboxylic acids is 2. The highest BCUT2D eigenvalue weighted by atomic mass is 35.5. The minimum atomic E-state index is -0.482. The van der Waals surface area contributed by atoms with Crippen molar-refractivity contribution in [1.82, 2.24) is 10.6 Å². The maximum Gasteiger partial charge on any atom is 0.407 e. The zero-order chi connectivity index (χ0) is 17.9. The second-order valence-corrected chi connectivity index (χ2v) is 6.12. The molecule has 0 heterocycles. The van der Waals surface area contributed by atoms with E-state index < -0.39 is 6.09 Å². The zero-order valence-electron chi connectivity index (χ0n) is 14.3. The molecule has 1 unspecified atom stereocenters. The number of nitrogens with one attached hydrogen (secondary N) is 2. The molecule has 2 amide bonds. The van der Waals surface area contributed by atoms with Gasteiger partial charge in [0.15, 0.2) is 6.61 Å².